The van der Waals surface area contributed by atoms with E-state index in [1.165, 1.54) is 11.6 Å². The van der Waals surface area contributed by atoms with Crippen LogP contribution >= 0.6 is 0 Å². The minimum atomic E-state index is -0.444. The van der Waals surface area contributed by atoms with Crippen LogP contribution in [0.4, 0.5) is 9.18 Å². The summed E-state index contributed by atoms with van der Waals surface area (Å²) >= 11 is 0. The number of likely N-dealkylation sites (N-methyl/N-ethyl adjacent to an activating group) is 2. The van der Waals surface area contributed by atoms with Crippen LogP contribution < -0.4 is 0 Å². The van der Waals surface area contributed by atoms with Crippen molar-refractivity contribution in [2.45, 2.75) is 44.7 Å². The number of halogens is 1. The van der Waals surface area contributed by atoms with Crippen LogP contribution in [0, 0.1) is 28.7 Å². The molecule has 3 aliphatic rings. The minimum Gasteiger partial charge on any atom is -0.334 e. The summed E-state index contributed by atoms with van der Waals surface area (Å²) < 4.78 is 16.1. The summed E-state index contributed by atoms with van der Waals surface area (Å²) in [5.74, 6) is -0.188. The molecule has 0 unspecified atom stereocenters. The van der Waals surface area contributed by atoms with Gasteiger partial charge in [-0.1, -0.05) is 36.4 Å². The lowest BCUT2D eigenvalue weighted by Gasteiger charge is -2.43. The summed E-state index contributed by atoms with van der Waals surface area (Å²) in [7, 11) is 1.77. The minimum absolute atomic E-state index is 0.0155. The van der Waals surface area contributed by atoms with Crippen molar-refractivity contribution in [2.75, 3.05) is 52.4 Å². The molecule has 11 nitrogen and oxygen atoms in total. The van der Waals surface area contributed by atoms with E-state index in [4.69, 9.17) is 10.5 Å². The summed E-state index contributed by atoms with van der Waals surface area (Å²) in [5.41, 5.74) is 2.73. The number of carbonyl (C=O) groups excluding carboxylic acids is 2. The second-order valence-corrected chi connectivity index (χ2v) is 12.2. The number of hydrogen-bond acceptors (Lipinski definition) is 7. The highest BCUT2D eigenvalue weighted by atomic mass is 19.1. The number of rotatable bonds is 7. The standard InChI is InChI=1S/C18H20FN5O.C17H22N4O/c1-3-24(15-6-7-23(11-15)12-20)18(25)13-4-5-16(17(19)8-13)14-9-21-22(2)10-14;1-2-21(16-8-9-19(12-16)13-18)17(22)20-10-15(11-20)14-6-4-3-5-7-14/h4-5,8-10,15H,3,6-7,11H2,1-2H3;3-7,15-16H,2,8-12H2,1H3/t15-;16-/m11/s1. The summed E-state index contributed by atoms with van der Waals surface area (Å²) in [6.45, 7) is 9.36. The first kappa shape index (κ1) is 33.3. The Morgan fingerprint density at radius 2 is 1.53 bits per heavy atom. The van der Waals surface area contributed by atoms with Crippen LogP contribution in [0.5, 0.6) is 0 Å². The fraction of sp³-hybridized carbons (Fsp3) is 0.457. The van der Waals surface area contributed by atoms with Gasteiger partial charge in [-0.15, -0.1) is 0 Å². The summed E-state index contributed by atoms with van der Waals surface area (Å²) in [5, 5.41) is 22.0. The SMILES string of the molecule is CCN(C(=O)N1CC(c2ccccc2)C1)[C@@H]1CCN(C#N)C1.CCN(C(=O)c1ccc(-c2cnn(C)c2)c(F)c1)[C@@H]1CCN(C#N)C1. The number of nitrogens with zero attached hydrogens (tertiary/aromatic N) is 9. The van der Waals surface area contributed by atoms with Crippen LogP contribution in [0.3, 0.4) is 0 Å². The molecule has 3 aliphatic heterocycles. The van der Waals surface area contributed by atoms with Gasteiger partial charge in [0.25, 0.3) is 5.91 Å². The molecule has 246 valence electrons. The third-order valence-electron chi connectivity index (χ3n) is 9.33. The molecule has 4 heterocycles. The van der Waals surface area contributed by atoms with Gasteiger partial charge in [-0.2, -0.15) is 15.6 Å². The lowest BCUT2D eigenvalue weighted by Crippen LogP contribution is -2.56. The van der Waals surface area contributed by atoms with Gasteiger partial charge < -0.3 is 24.5 Å². The Balaban J connectivity index is 0.000000186. The van der Waals surface area contributed by atoms with E-state index in [0.29, 0.717) is 55.3 Å². The fourth-order valence-corrected chi connectivity index (χ4v) is 6.65. The lowest BCUT2D eigenvalue weighted by molar-refractivity contribution is 0.0697. The molecule has 6 rings (SSSR count). The van der Waals surface area contributed by atoms with Crippen LogP contribution in [0.15, 0.2) is 60.9 Å². The van der Waals surface area contributed by atoms with E-state index in [1.807, 2.05) is 41.8 Å². The van der Waals surface area contributed by atoms with Crippen molar-refractivity contribution in [1.29, 1.82) is 10.5 Å². The zero-order valence-electron chi connectivity index (χ0n) is 27.3. The smallest absolute Gasteiger partial charge is 0.320 e. The van der Waals surface area contributed by atoms with Gasteiger partial charge in [0, 0.05) is 88.2 Å². The van der Waals surface area contributed by atoms with Crippen LogP contribution in [0.2, 0.25) is 0 Å². The highest BCUT2D eigenvalue weighted by Gasteiger charge is 2.37. The monoisotopic (exact) mass is 639 g/mol. The number of aryl methyl sites for hydroxylation is 1. The Kier molecular flexibility index (Phi) is 10.6. The molecule has 3 fully saturated rings. The van der Waals surface area contributed by atoms with Crippen LogP contribution in [0.25, 0.3) is 11.1 Å². The molecule has 2 aromatic carbocycles. The number of likely N-dealkylation sites (tertiary alicyclic amines) is 3. The molecular weight excluding hydrogens is 597 g/mol. The van der Waals surface area contributed by atoms with Gasteiger partial charge in [-0.25, -0.2) is 9.18 Å². The molecule has 2 atom stereocenters. The molecule has 0 aliphatic carbocycles. The molecule has 0 spiro atoms. The molecule has 47 heavy (non-hydrogen) atoms. The Labute approximate surface area is 276 Å². The number of aromatic nitrogens is 2. The van der Waals surface area contributed by atoms with Crippen molar-refractivity contribution in [3.05, 3.63) is 77.9 Å². The van der Waals surface area contributed by atoms with E-state index < -0.39 is 5.82 Å². The van der Waals surface area contributed by atoms with E-state index in [1.54, 1.807) is 51.0 Å². The number of carbonyl (C=O) groups is 2. The first-order valence-electron chi connectivity index (χ1n) is 16.3. The van der Waals surface area contributed by atoms with E-state index in [2.05, 4.69) is 29.6 Å². The van der Waals surface area contributed by atoms with E-state index >= 15 is 0 Å². The van der Waals surface area contributed by atoms with Crippen molar-refractivity contribution in [3.8, 4) is 23.5 Å². The van der Waals surface area contributed by atoms with Gasteiger partial charge in [-0.05, 0) is 44.4 Å². The third-order valence-corrected chi connectivity index (χ3v) is 9.33. The molecule has 3 amide bonds. The van der Waals surface area contributed by atoms with E-state index in [0.717, 1.165) is 32.5 Å². The maximum absolute atomic E-state index is 14.5. The second kappa shape index (κ2) is 15.0. The van der Waals surface area contributed by atoms with Crippen LogP contribution in [0.1, 0.15) is 48.5 Å². The van der Waals surface area contributed by atoms with E-state index in [9.17, 15) is 14.0 Å². The third kappa shape index (κ3) is 7.49. The van der Waals surface area contributed by atoms with Crippen LogP contribution in [-0.2, 0) is 7.05 Å². The molecule has 1 aromatic heterocycles. The first-order valence-corrected chi connectivity index (χ1v) is 16.3. The second-order valence-electron chi connectivity index (χ2n) is 12.2. The van der Waals surface area contributed by atoms with E-state index in [-0.39, 0.29) is 24.0 Å². The molecule has 12 heteroatoms. The average Bonchev–Trinajstić information content (AvgIpc) is 3.84. The summed E-state index contributed by atoms with van der Waals surface area (Å²) in [4.78, 5) is 34.4. The quantitative estimate of drug-likeness (QED) is 0.354. The molecule has 0 saturated carbocycles. The van der Waals surface area contributed by atoms with Gasteiger partial charge in [0.1, 0.15) is 5.82 Å². The van der Waals surface area contributed by atoms with Gasteiger partial charge in [-0.3, -0.25) is 9.48 Å². The maximum atomic E-state index is 14.5. The Bertz CT molecular complexity index is 1630. The lowest BCUT2D eigenvalue weighted by atomic mass is 9.92. The Morgan fingerprint density at radius 1 is 0.915 bits per heavy atom. The number of amides is 3. The first-order chi connectivity index (χ1) is 22.8. The number of nitriles is 2. The predicted molar refractivity (Wildman–Crippen MR) is 175 cm³/mol. The van der Waals surface area contributed by atoms with Crippen molar-refractivity contribution >= 4 is 11.9 Å². The van der Waals surface area contributed by atoms with Gasteiger partial charge in [0.2, 0.25) is 0 Å². The van der Waals surface area contributed by atoms with Crippen LogP contribution in [-0.4, -0.2) is 111 Å². The summed E-state index contributed by atoms with van der Waals surface area (Å²) in [6, 6.07) is 15.2. The highest BCUT2D eigenvalue weighted by Crippen LogP contribution is 2.29. The normalized spacial score (nSPS) is 18.9. The zero-order valence-corrected chi connectivity index (χ0v) is 27.3. The Hall–Kier alpha value is -5.10. The van der Waals surface area contributed by atoms with Crippen molar-refractivity contribution in [1.82, 2.24) is 34.3 Å². The van der Waals surface area contributed by atoms with Gasteiger partial charge in [0.15, 0.2) is 12.4 Å². The van der Waals surface area contributed by atoms with Crippen molar-refractivity contribution in [3.63, 3.8) is 0 Å². The molecule has 3 aromatic rings. The maximum Gasteiger partial charge on any atom is 0.320 e. The van der Waals surface area contributed by atoms with Crippen molar-refractivity contribution < 1.29 is 14.0 Å². The molecule has 3 saturated heterocycles. The number of hydrogen-bond donors (Lipinski definition) is 0. The number of urea groups is 1. The predicted octanol–water partition coefficient (Wildman–Crippen LogP) is 4.33. The molecule has 0 bridgehead atoms. The van der Waals surface area contributed by atoms with Gasteiger partial charge in [0.05, 0.1) is 18.3 Å². The largest absolute Gasteiger partial charge is 0.334 e. The molecule has 0 radical (unpaired) electrons. The topological polar surface area (TPSA) is 116 Å². The molecular formula is C35H42FN9O2. The van der Waals surface area contributed by atoms with Crippen molar-refractivity contribution in [2.24, 2.45) is 7.05 Å². The zero-order chi connectivity index (χ0) is 33.5. The summed E-state index contributed by atoms with van der Waals surface area (Å²) in [6.07, 6.45) is 9.26. The fourth-order valence-electron chi connectivity index (χ4n) is 6.65. The van der Waals surface area contributed by atoms with Gasteiger partial charge >= 0.3 is 6.03 Å². The highest BCUT2D eigenvalue weighted by molar-refractivity contribution is 5.95. The number of benzene rings is 2. The Morgan fingerprint density at radius 3 is 2.04 bits per heavy atom. The average molecular weight is 640 g/mol. The molecule has 0 N–H and O–H groups in total.